The molecule has 0 saturated heterocycles. The second-order valence-electron chi connectivity index (χ2n) is 1.27. The lowest BCUT2D eigenvalue weighted by atomic mass is 10.4. The van der Waals surface area contributed by atoms with Crippen molar-refractivity contribution < 1.29 is 4.84 Å². The predicted octanol–water partition coefficient (Wildman–Crippen LogP) is 0.402. The van der Waals surface area contributed by atoms with Gasteiger partial charge in [0.05, 0.1) is 0 Å². The second kappa shape index (κ2) is 1.64. The molecule has 1 rings (SSSR count). The number of rotatable bonds is 0. The van der Waals surface area contributed by atoms with Crippen molar-refractivity contribution in [3.8, 4) is 0 Å². The van der Waals surface area contributed by atoms with E-state index >= 15 is 0 Å². The summed E-state index contributed by atoms with van der Waals surface area (Å²) in [5, 5.41) is 6.90. The lowest BCUT2D eigenvalue weighted by Crippen LogP contribution is -2.22. The quantitative estimate of drug-likeness (QED) is 0.460. The Kier molecular flexibility index (Phi) is 0.978. The minimum atomic E-state index is 0.405. The van der Waals surface area contributed by atoms with Crippen LogP contribution in [-0.4, -0.2) is 5.84 Å². The molecule has 0 amide bonds. The summed E-state index contributed by atoms with van der Waals surface area (Å²) in [6, 6.07) is 0. The third kappa shape index (κ3) is 0.924. The van der Waals surface area contributed by atoms with Crippen LogP contribution in [0.25, 0.3) is 0 Å². The lowest BCUT2D eigenvalue weighted by Gasteiger charge is -2.06. The van der Waals surface area contributed by atoms with Gasteiger partial charge in [-0.2, -0.15) is 0 Å². The van der Waals surface area contributed by atoms with Gasteiger partial charge in [0, 0.05) is 6.42 Å². The van der Waals surface area contributed by atoms with Crippen LogP contribution in [0.2, 0.25) is 0 Å². The molecule has 0 aromatic heterocycles. The van der Waals surface area contributed by atoms with Crippen LogP contribution >= 0.6 is 0 Å². The Hall–Kier alpha value is -0.990. The van der Waals surface area contributed by atoms with Crippen LogP contribution in [-0.2, 0) is 4.84 Å². The maximum atomic E-state index is 6.90. The molecule has 3 nitrogen and oxygen atoms in total. The average Bonchev–Trinajstić information content (AvgIpc) is 1.69. The molecule has 0 saturated carbocycles. The first-order valence-electron chi connectivity index (χ1n) is 2.03. The van der Waals surface area contributed by atoms with Gasteiger partial charge in [-0.1, -0.05) is 0 Å². The SMILES string of the molecule is N=C1CC=CON1. The fraction of sp³-hybridized carbons (Fsp3) is 0.250. The molecule has 0 aromatic rings. The highest BCUT2D eigenvalue weighted by atomic mass is 16.6. The Labute approximate surface area is 41.4 Å². The van der Waals surface area contributed by atoms with Crippen molar-refractivity contribution >= 4 is 5.84 Å². The molecule has 0 fully saturated rings. The maximum absolute atomic E-state index is 6.90. The van der Waals surface area contributed by atoms with Gasteiger partial charge >= 0.3 is 0 Å². The molecule has 0 radical (unpaired) electrons. The van der Waals surface area contributed by atoms with E-state index in [1.807, 2.05) is 0 Å². The van der Waals surface area contributed by atoms with E-state index in [-0.39, 0.29) is 0 Å². The minimum Gasteiger partial charge on any atom is -0.389 e. The fourth-order valence-electron chi connectivity index (χ4n) is 0.361. The lowest BCUT2D eigenvalue weighted by molar-refractivity contribution is 0.184. The molecule has 3 heteroatoms. The van der Waals surface area contributed by atoms with Crippen LogP contribution in [0.4, 0.5) is 0 Å². The third-order valence-electron chi connectivity index (χ3n) is 0.668. The van der Waals surface area contributed by atoms with E-state index in [4.69, 9.17) is 5.41 Å². The standard InChI is InChI=1S/C4H6N2O/c5-4-2-1-3-7-6-4/h1,3H,2H2,(H2,5,6). The first kappa shape index (κ1) is 4.18. The molecule has 0 unspecified atom stereocenters. The Morgan fingerprint density at radius 2 is 2.71 bits per heavy atom. The Bertz CT molecular complexity index is 108. The second-order valence-corrected chi connectivity index (χ2v) is 1.27. The van der Waals surface area contributed by atoms with Crippen molar-refractivity contribution in [3.63, 3.8) is 0 Å². The first-order valence-corrected chi connectivity index (χ1v) is 2.03. The van der Waals surface area contributed by atoms with Crippen LogP contribution in [0.1, 0.15) is 6.42 Å². The van der Waals surface area contributed by atoms with E-state index in [1.54, 1.807) is 6.08 Å². The Morgan fingerprint density at radius 3 is 3.00 bits per heavy atom. The number of nitrogens with one attached hydrogen (secondary N) is 2. The topological polar surface area (TPSA) is 45.1 Å². The van der Waals surface area contributed by atoms with Gasteiger partial charge in [0.25, 0.3) is 0 Å². The zero-order valence-electron chi connectivity index (χ0n) is 3.77. The molecule has 0 aromatic carbocycles. The molecule has 0 spiro atoms. The molecule has 0 aliphatic carbocycles. The zero-order chi connectivity index (χ0) is 5.11. The first-order chi connectivity index (χ1) is 3.39. The smallest absolute Gasteiger partial charge is 0.133 e. The van der Waals surface area contributed by atoms with E-state index in [1.165, 1.54) is 6.26 Å². The van der Waals surface area contributed by atoms with Gasteiger partial charge in [-0.25, -0.2) is 5.48 Å². The van der Waals surface area contributed by atoms with Crippen LogP contribution in [0.5, 0.6) is 0 Å². The Morgan fingerprint density at radius 1 is 1.86 bits per heavy atom. The summed E-state index contributed by atoms with van der Waals surface area (Å²) in [7, 11) is 0. The summed E-state index contributed by atoms with van der Waals surface area (Å²) in [6.07, 6.45) is 3.96. The molecule has 1 heterocycles. The van der Waals surface area contributed by atoms with E-state index in [9.17, 15) is 0 Å². The van der Waals surface area contributed by atoms with Gasteiger partial charge in [0.1, 0.15) is 12.1 Å². The van der Waals surface area contributed by atoms with Crippen LogP contribution in [0, 0.1) is 5.41 Å². The highest BCUT2D eigenvalue weighted by molar-refractivity contribution is 5.79. The summed E-state index contributed by atoms with van der Waals surface area (Å²) in [4.78, 5) is 4.53. The average molecular weight is 98.1 g/mol. The maximum Gasteiger partial charge on any atom is 0.133 e. The van der Waals surface area contributed by atoms with Gasteiger partial charge in [-0.3, -0.25) is 5.41 Å². The van der Waals surface area contributed by atoms with Crippen LogP contribution < -0.4 is 5.48 Å². The molecule has 7 heavy (non-hydrogen) atoms. The minimum absolute atomic E-state index is 0.405. The highest BCUT2D eigenvalue weighted by Crippen LogP contribution is 1.89. The van der Waals surface area contributed by atoms with Crippen LogP contribution in [0.3, 0.4) is 0 Å². The van der Waals surface area contributed by atoms with Gasteiger partial charge in [-0.05, 0) is 6.08 Å². The van der Waals surface area contributed by atoms with Crippen molar-refractivity contribution in [2.75, 3.05) is 0 Å². The van der Waals surface area contributed by atoms with E-state index < -0.39 is 0 Å². The highest BCUT2D eigenvalue weighted by Gasteiger charge is 1.94. The monoisotopic (exact) mass is 98.0 g/mol. The largest absolute Gasteiger partial charge is 0.389 e. The molecular formula is C4H6N2O. The Balaban J connectivity index is 2.47. The number of amidine groups is 1. The molecule has 2 N–H and O–H groups in total. The summed E-state index contributed by atoms with van der Waals surface area (Å²) < 4.78 is 0. The molecule has 0 atom stereocenters. The van der Waals surface area contributed by atoms with Crippen LogP contribution in [0.15, 0.2) is 12.3 Å². The van der Waals surface area contributed by atoms with Crippen molar-refractivity contribution in [1.29, 1.82) is 5.41 Å². The predicted molar refractivity (Wildman–Crippen MR) is 25.7 cm³/mol. The summed E-state index contributed by atoms with van der Waals surface area (Å²) in [5.41, 5.74) is 2.38. The zero-order valence-corrected chi connectivity index (χ0v) is 3.77. The number of hydroxylamine groups is 1. The summed E-state index contributed by atoms with van der Waals surface area (Å²) >= 11 is 0. The van der Waals surface area contributed by atoms with E-state index in [0.29, 0.717) is 12.3 Å². The normalized spacial score (nSPS) is 18.0. The van der Waals surface area contributed by atoms with Gasteiger partial charge in [-0.15, -0.1) is 0 Å². The molecule has 0 bridgehead atoms. The van der Waals surface area contributed by atoms with E-state index in [2.05, 4.69) is 10.3 Å². The van der Waals surface area contributed by atoms with Gasteiger partial charge < -0.3 is 4.84 Å². The molecular weight excluding hydrogens is 92.1 g/mol. The van der Waals surface area contributed by atoms with Gasteiger partial charge in [0.15, 0.2) is 0 Å². The third-order valence-corrected chi connectivity index (χ3v) is 0.668. The van der Waals surface area contributed by atoms with Crippen molar-refractivity contribution in [3.05, 3.63) is 12.3 Å². The number of hydrogen-bond donors (Lipinski definition) is 2. The van der Waals surface area contributed by atoms with Gasteiger partial charge in [0.2, 0.25) is 0 Å². The fourth-order valence-corrected chi connectivity index (χ4v) is 0.361. The molecule has 38 valence electrons. The molecule has 1 aliphatic rings. The molecule has 1 aliphatic heterocycles. The number of hydrogen-bond acceptors (Lipinski definition) is 2. The van der Waals surface area contributed by atoms with E-state index in [0.717, 1.165) is 0 Å². The van der Waals surface area contributed by atoms with Crippen molar-refractivity contribution in [2.24, 2.45) is 0 Å². The summed E-state index contributed by atoms with van der Waals surface area (Å²) in [5.74, 6) is 0.405. The van der Waals surface area contributed by atoms with Crippen molar-refractivity contribution in [1.82, 2.24) is 5.48 Å². The van der Waals surface area contributed by atoms with Crippen molar-refractivity contribution in [2.45, 2.75) is 6.42 Å². The summed E-state index contributed by atoms with van der Waals surface area (Å²) in [6.45, 7) is 0.